The molecule has 166 valence electrons. The number of fused-ring (bicyclic) bond motifs is 1. The first-order valence-corrected chi connectivity index (χ1v) is 11.2. The standard InChI is InChI=1S/C21H23N7O3S/c1-12-4-2-5-13(10-12)25-17-16-14(6-9-23-19(16)30)26-20(28-17)24-8-3-7-22-18(29)15-11-32-21(31)27-15/h2,4-6,9-10,15H,3,7-8,11H2,1H3,(H,22,29)(H,23,30)(H,27,31)(H2,24,25,26,28). The maximum absolute atomic E-state index is 12.4. The van der Waals surface area contributed by atoms with Gasteiger partial charge in [-0.1, -0.05) is 23.9 Å². The Morgan fingerprint density at radius 1 is 1.22 bits per heavy atom. The number of thioether (sulfide) groups is 1. The minimum atomic E-state index is -0.474. The van der Waals surface area contributed by atoms with Gasteiger partial charge < -0.3 is 26.3 Å². The van der Waals surface area contributed by atoms with Gasteiger partial charge in [0.1, 0.15) is 17.2 Å². The zero-order chi connectivity index (χ0) is 22.5. The number of H-pyrrole nitrogens is 1. The molecule has 0 saturated carbocycles. The van der Waals surface area contributed by atoms with Crippen molar-refractivity contribution in [3.05, 3.63) is 52.4 Å². The van der Waals surface area contributed by atoms with Gasteiger partial charge in [-0.2, -0.15) is 4.98 Å². The van der Waals surface area contributed by atoms with E-state index in [1.165, 1.54) is 0 Å². The highest BCUT2D eigenvalue weighted by Gasteiger charge is 2.27. The smallest absolute Gasteiger partial charge is 0.279 e. The molecule has 1 fully saturated rings. The van der Waals surface area contributed by atoms with Crippen LogP contribution in [0, 0.1) is 6.92 Å². The van der Waals surface area contributed by atoms with Crippen molar-refractivity contribution in [3.63, 3.8) is 0 Å². The van der Waals surface area contributed by atoms with Crippen LogP contribution < -0.4 is 26.8 Å². The van der Waals surface area contributed by atoms with E-state index in [-0.39, 0.29) is 16.7 Å². The first kappa shape index (κ1) is 21.6. The van der Waals surface area contributed by atoms with Crippen LogP contribution in [0.25, 0.3) is 10.9 Å². The van der Waals surface area contributed by atoms with Crippen molar-refractivity contribution < 1.29 is 9.59 Å². The number of rotatable bonds is 8. The molecule has 2 aromatic heterocycles. The molecule has 1 aliphatic heterocycles. The maximum Gasteiger partial charge on any atom is 0.279 e. The topological polar surface area (TPSA) is 141 Å². The fourth-order valence-corrected chi connectivity index (χ4v) is 4.05. The summed E-state index contributed by atoms with van der Waals surface area (Å²) in [6, 6.07) is 9.03. The van der Waals surface area contributed by atoms with E-state index in [0.717, 1.165) is 23.0 Å². The summed E-state index contributed by atoms with van der Waals surface area (Å²) in [6.45, 7) is 2.95. The fourth-order valence-electron chi connectivity index (χ4n) is 3.27. The van der Waals surface area contributed by atoms with Crippen LogP contribution in [0.4, 0.5) is 22.2 Å². The number of hydrogen-bond donors (Lipinski definition) is 5. The molecule has 1 aliphatic rings. The second-order valence-electron chi connectivity index (χ2n) is 7.32. The molecular weight excluding hydrogens is 430 g/mol. The Morgan fingerprint density at radius 2 is 2.09 bits per heavy atom. The summed E-state index contributed by atoms with van der Waals surface area (Å²) in [5.74, 6) is 1.05. The van der Waals surface area contributed by atoms with Crippen LogP contribution in [0.3, 0.4) is 0 Å². The quantitative estimate of drug-likeness (QED) is 0.327. The normalized spacial score (nSPS) is 15.4. The third-order valence-corrected chi connectivity index (χ3v) is 5.71. The molecule has 1 saturated heterocycles. The monoisotopic (exact) mass is 453 g/mol. The highest BCUT2D eigenvalue weighted by Crippen LogP contribution is 2.23. The van der Waals surface area contributed by atoms with Crippen molar-refractivity contribution in [2.24, 2.45) is 0 Å². The predicted molar refractivity (Wildman–Crippen MR) is 126 cm³/mol. The number of benzene rings is 1. The van der Waals surface area contributed by atoms with Crippen molar-refractivity contribution >= 4 is 51.3 Å². The summed E-state index contributed by atoms with van der Waals surface area (Å²) in [5, 5.41) is 12.0. The SMILES string of the molecule is Cc1cccc(Nc2nc(NCCCNC(=O)C3CSC(=O)N3)nc3cc[nH]c(=O)c23)c1. The van der Waals surface area contributed by atoms with Gasteiger partial charge in [-0.05, 0) is 37.1 Å². The van der Waals surface area contributed by atoms with Crippen LogP contribution in [-0.2, 0) is 4.79 Å². The Hall–Kier alpha value is -3.60. The van der Waals surface area contributed by atoms with E-state index in [9.17, 15) is 14.4 Å². The van der Waals surface area contributed by atoms with E-state index in [1.807, 2.05) is 31.2 Å². The minimum absolute atomic E-state index is 0.172. The van der Waals surface area contributed by atoms with Crippen LogP contribution in [0.2, 0.25) is 0 Å². The Kier molecular flexibility index (Phi) is 6.55. The first-order valence-electron chi connectivity index (χ1n) is 10.2. The van der Waals surface area contributed by atoms with Crippen LogP contribution in [0.15, 0.2) is 41.3 Å². The lowest BCUT2D eigenvalue weighted by Gasteiger charge is -2.12. The van der Waals surface area contributed by atoms with Crippen molar-refractivity contribution in [1.29, 1.82) is 0 Å². The molecule has 32 heavy (non-hydrogen) atoms. The minimum Gasteiger partial charge on any atom is -0.354 e. The summed E-state index contributed by atoms with van der Waals surface area (Å²) in [5.41, 5.74) is 2.14. The van der Waals surface area contributed by atoms with Crippen molar-refractivity contribution in [1.82, 2.24) is 25.6 Å². The average molecular weight is 454 g/mol. The number of pyridine rings is 1. The van der Waals surface area contributed by atoms with Gasteiger partial charge in [-0.3, -0.25) is 14.4 Å². The van der Waals surface area contributed by atoms with Crippen LogP contribution >= 0.6 is 11.8 Å². The molecule has 10 nitrogen and oxygen atoms in total. The number of aromatic nitrogens is 3. The van der Waals surface area contributed by atoms with Crippen LogP contribution in [0.5, 0.6) is 0 Å². The van der Waals surface area contributed by atoms with Crippen molar-refractivity contribution in [2.45, 2.75) is 19.4 Å². The van der Waals surface area contributed by atoms with E-state index >= 15 is 0 Å². The Balaban J connectivity index is 1.41. The number of carbonyl (C=O) groups is 2. The molecule has 3 heterocycles. The highest BCUT2D eigenvalue weighted by molar-refractivity contribution is 8.14. The number of anilines is 3. The van der Waals surface area contributed by atoms with Gasteiger partial charge in [0.25, 0.3) is 10.8 Å². The second-order valence-corrected chi connectivity index (χ2v) is 8.32. The van der Waals surface area contributed by atoms with Gasteiger partial charge in [0.05, 0.1) is 5.52 Å². The van der Waals surface area contributed by atoms with Crippen molar-refractivity contribution in [3.8, 4) is 0 Å². The van der Waals surface area contributed by atoms with E-state index in [0.29, 0.717) is 47.9 Å². The van der Waals surface area contributed by atoms with E-state index < -0.39 is 6.04 Å². The van der Waals surface area contributed by atoms with E-state index in [2.05, 4.69) is 36.2 Å². The highest BCUT2D eigenvalue weighted by atomic mass is 32.2. The first-order chi connectivity index (χ1) is 15.5. The van der Waals surface area contributed by atoms with Gasteiger partial charge in [0.15, 0.2) is 0 Å². The Morgan fingerprint density at radius 3 is 2.88 bits per heavy atom. The molecule has 11 heteroatoms. The van der Waals surface area contributed by atoms with Gasteiger partial charge in [0.2, 0.25) is 11.9 Å². The van der Waals surface area contributed by atoms with Gasteiger partial charge in [-0.15, -0.1) is 0 Å². The largest absolute Gasteiger partial charge is 0.354 e. The molecule has 0 aliphatic carbocycles. The number of aryl methyl sites for hydroxylation is 1. The fraction of sp³-hybridized carbons (Fsp3) is 0.286. The molecule has 5 N–H and O–H groups in total. The third kappa shape index (κ3) is 5.17. The maximum atomic E-state index is 12.4. The van der Waals surface area contributed by atoms with Crippen molar-refractivity contribution in [2.75, 3.05) is 29.5 Å². The lowest BCUT2D eigenvalue weighted by atomic mass is 10.2. The predicted octanol–water partition coefficient (Wildman–Crippen LogP) is 2.11. The third-order valence-electron chi connectivity index (χ3n) is 4.83. The van der Waals surface area contributed by atoms with Crippen LogP contribution in [-0.4, -0.2) is 51.0 Å². The molecule has 3 aromatic rings. The summed E-state index contributed by atoms with van der Waals surface area (Å²) >= 11 is 1.11. The molecule has 0 radical (unpaired) electrons. The van der Waals surface area contributed by atoms with E-state index in [4.69, 9.17) is 0 Å². The lowest BCUT2D eigenvalue weighted by molar-refractivity contribution is -0.122. The summed E-state index contributed by atoms with van der Waals surface area (Å²) in [4.78, 5) is 47.2. The molecule has 4 rings (SSSR count). The summed E-state index contributed by atoms with van der Waals surface area (Å²) in [6.07, 6.45) is 2.18. The zero-order valence-electron chi connectivity index (χ0n) is 17.4. The Labute approximate surface area is 188 Å². The molecule has 0 spiro atoms. The average Bonchev–Trinajstić information content (AvgIpc) is 3.20. The number of aromatic amines is 1. The summed E-state index contributed by atoms with van der Waals surface area (Å²) < 4.78 is 0. The van der Waals surface area contributed by atoms with Gasteiger partial charge >= 0.3 is 0 Å². The number of nitrogens with zero attached hydrogens (tertiary/aromatic N) is 2. The molecule has 1 unspecified atom stereocenters. The molecule has 0 bridgehead atoms. The number of amides is 2. The van der Waals surface area contributed by atoms with Gasteiger partial charge in [-0.25, -0.2) is 4.98 Å². The van der Waals surface area contributed by atoms with Crippen LogP contribution in [0.1, 0.15) is 12.0 Å². The summed E-state index contributed by atoms with van der Waals surface area (Å²) in [7, 11) is 0. The van der Waals surface area contributed by atoms with E-state index in [1.54, 1.807) is 12.3 Å². The number of hydrogen-bond acceptors (Lipinski definition) is 8. The molecule has 1 atom stereocenters. The lowest BCUT2D eigenvalue weighted by Crippen LogP contribution is -2.43. The number of carbonyl (C=O) groups excluding carboxylic acids is 2. The molecule has 2 amide bonds. The second kappa shape index (κ2) is 9.69. The molecule has 1 aromatic carbocycles. The number of nitrogens with one attached hydrogen (secondary N) is 5. The van der Waals surface area contributed by atoms with Gasteiger partial charge in [0, 0.05) is 30.7 Å². The molecular formula is C21H23N7O3S. The Bertz CT molecular complexity index is 1210. The zero-order valence-corrected chi connectivity index (χ0v) is 18.2.